The molecule has 156 valence electrons. The maximum atomic E-state index is 12.6. The lowest BCUT2D eigenvalue weighted by Gasteiger charge is -2.16. The van der Waals surface area contributed by atoms with Crippen LogP contribution in [0, 0.1) is 0 Å². The van der Waals surface area contributed by atoms with Gasteiger partial charge in [0.25, 0.3) is 17.4 Å². The van der Waals surface area contributed by atoms with Gasteiger partial charge in [-0.05, 0) is 30.3 Å². The molecule has 4 rings (SSSR count). The summed E-state index contributed by atoms with van der Waals surface area (Å²) in [5, 5.41) is 11.8. The third-order valence-corrected chi connectivity index (χ3v) is 4.69. The van der Waals surface area contributed by atoms with E-state index in [0.717, 1.165) is 10.6 Å². The van der Waals surface area contributed by atoms with Crippen molar-refractivity contribution >= 4 is 23.6 Å². The first-order valence-corrected chi connectivity index (χ1v) is 8.91. The van der Waals surface area contributed by atoms with E-state index in [1.54, 1.807) is 24.3 Å². The number of carbonyl (C=O) groups is 3. The van der Waals surface area contributed by atoms with Crippen LogP contribution in [-0.2, 0) is 0 Å². The fourth-order valence-corrected chi connectivity index (χ4v) is 3.30. The summed E-state index contributed by atoms with van der Waals surface area (Å²) in [6.45, 7) is 0. The third-order valence-electron chi connectivity index (χ3n) is 4.69. The summed E-state index contributed by atoms with van der Waals surface area (Å²) in [5.74, 6) is -2.23. The molecule has 2 aromatic carbocycles. The monoisotopic (exact) mass is 421 g/mol. The number of pyridine rings is 1. The lowest BCUT2D eigenvalue weighted by atomic mass is 10.1. The second-order valence-corrected chi connectivity index (χ2v) is 6.51. The van der Waals surface area contributed by atoms with Crippen molar-refractivity contribution in [3.63, 3.8) is 0 Å². The highest BCUT2D eigenvalue weighted by atomic mass is 16.5. The van der Waals surface area contributed by atoms with Crippen LogP contribution >= 0.6 is 0 Å². The number of carbonyl (C=O) groups excluding carboxylic acids is 2. The van der Waals surface area contributed by atoms with E-state index in [1.165, 1.54) is 25.3 Å². The minimum atomic E-state index is -1.35. The minimum Gasteiger partial charge on any atom is -0.493 e. The second kappa shape index (κ2) is 7.34. The average molecular weight is 421 g/mol. The van der Waals surface area contributed by atoms with Crippen molar-refractivity contribution in [1.82, 2.24) is 9.88 Å². The van der Waals surface area contributed by atoms with Gasteiger partial charge in [-0.1, -0.05) is 12.1 Å². The van der Waals surface area contributed by atoms with Gasteiger partial charge in [0, 0.05) is 6.07 Å². The molecular weight excluding hydrogens is 406 g/mol. The summed E-state index contributed by atoms with van der Waals surface area (Å²) in [4.78, 5) is 48.4. The van der Waals surface area contributed by atoms with Crippen molar-refractivity contribution in [2.24, 2.45) is 0 Å². The number of para-hydroxylation sites is 2. The van der Waals surface area contributed by atoms with E-state index in [-0.39, 0.29) is 33.9 Å². The van der Waals surface area contributed by atoms with Crippen LogP contribution in [0.2, 0.25) is 0 Å². The number of nitrogens with one attached hydrogen (secondary N) is 1. The highest BCUT2D eigenvalue weighted by Crippen LogP contribution is 2.33. The number of rotatable bonds is 5. The Labute approximate surface area is 174 Å². The van der Waals surface area contributed by atoms with Crippen LogP contribution in [0.15, 0.2) is 53.3 Å². The summed E-state index contributed by atoms with van der Waals surface area (Å²) in [7, 11) is 1.47. The third kappa shape index (κ3) is 3.25. The van der Waals surface area contributed by atoms with Crippen LogP contribution in [0.4, 0.5) is 5.82 Å². The number of nitrogens with two attached hydrogens (primary N) is 1. The van der Waals surface area contributed by atoms with Crippen LogP contribution in [-0.4, -0.2) is 34.6 Å². The van der Waals surface area contributed by atoms with Gasteiger partial charge in [-0.15, -0.1) is 0 Å². The van der Waals surface area contributed by atoms with Gasteiger partial charge >= 0.3 is 5.97 Å². The van der Waals surface area contributed by atoms with E-state index in [1.807, 2.05) is 0 Å². The Morgan fingerprint density at radius 2 is 1.74 bits per heavy atom. The first kappa shape index (κ1) is 19.7. The number of nitrogens with zero attached hydrogens (tertiary/aromatic N) is 1. The number of hydrogen-bond acceptors (Lipinski definition) is 7. The molecule has 0 unspecified atom stereocenters. The van der Waals surface area contributed by atoms with Crippen molar-refractivity contribution in [2.45, 2.75) is 0 Å². The number of amides is 2. The van der Waals surface area contributed by atoms with Crippen molar-refractivity contribution in [2.75, 3.05) is 12.8 Å². The summed E-state index contributed by atoms with van der Waals surface area (Å²) in [6, 6.07) is 11.7. The number of ether oxygens (including phenoxy) is 2. The zero-order valence-electron chi connectivity index (χ0n) is 16.0. The van der Waals surface area contributed by atoms with E-state index < -0.39 is 23.3 Å². The number of methoxy groups -OCH3 is 1. The van der Waals surface area contributed by atoms with Gasteiger partial charge in [0.05, 0.1) is 29.5 Å². The van der Waals surface area contributed by atoms with Gasteiger partial charge in [-0.2, -0.15) is 0 Å². The minimum absolute atomic E-state index is 0.0858. The van der Waals surface area contributed by atoms with Crippen LogP contribution in [0.1, 0.15) is 31.1 Å². The first-order chi connectivity index (χ1) is 14.8. The van der Waals surface area contributed by atoms with Gasteiger partial charge in [-0.3, -0.25) is 24.3 Å². The molecule has 3 aromatic rings. The molecule has 2 amide bonds. The Bertz CT molecular complexity index is 1330. The van der Waals surface area contributed by atoms with Crippen LogP contribution < -0.4 is 26.1 Å². The Morgan fingerprint density at radius 1 is 1.03 bits per heavy atom. The van der Waals surface area contributed by atoms with Crippen molar-refractivity contribution in [3.8, 4) is 22.9 Å². The van der Waals surface area contributed by atoms with Crippen LogP contribution in [0.5, 0.6) is 17.2 Å². The fourth-order valence-electron chi connectivity index (χ4n) is 3.30. The number of benzene rings is 2. The number of aromatic carboxylic acids is 1. The zero-order valence-corrected chi connectivity index (χ0v) is 16.0. The number of nitrogen functional groups attached to an aromatic ring is 1. The van der Waals surface area contributed by atoms with Gasteiger partial charge in [0.1, 0.15) is 11.6 Å². The number of carboxylic acids is 1. The zero-order chi connectivity index (χ0) is 22.3. The second-order valence-electron chi connectivity index (χ2n) is 6.51. The van der Waals surface area contributed by atoms with Gasteiger partial charge in [-0.25, -0.2) is 4.79 Å². The van der Waals surface area contributed by atoms with E-state index in [2.05, 4.69) is 5.32 Å². The fraction of sp³-hybridized carbons (Fsp3) is 0.0476. The van der Waals surface area contributed by atoms with Crippen LogP contribution in [0.25, 0.3) is 5.69 Å². The molecule has 0 saturated carbocycles. The van der Waals surface area contributed by atoms with Crippen molar-refractivity contribution < 1.29 is 29.0 Å². The molecule has 0 spiro atoms. The number of anilines is 1. The Kier molecular flexibility index (Phi) is 4.66. The molecule has 10 heteroatoms. The molecule has 0 radical (unpaired) electrons. The Hall–Kier alpha value is -4.60. The van der Waals surface area contributed by atoms with Gasteiger partial charge in [0.2, 0.25) is 0 Å². The quantitative estimate of drug-likeness (QED) is 0.528. The molecule has 0 saturated heterocycles. The van der Waals surface area contributed by atoms with E-state index in [0.29, 0.717) is 11.5 Å². The number of hydrogen-bond donors (Lipinski definition) is 3. The van der Waals surface area contributed by atoms with Gasteiger partial charge in [0.15, 0.2) is 11.5 Å². The van der Waals surface area contributed by atoms with Crippen molar-refractivity contribution in [1.29, 1.82) is 0 Å². The molecule has 0 fully saturated rings. The summed E-state index contributed by atoms with van der Waals surface area (Å²) >= 11 is 0. The maximum absolute atomic E-state index is 12.6. The molecule has 1 aliphatic rings. The predicted molar refractivity (Wildman–Crippen MR) is 108 cm³/mol. The largest absolute Gasteiger partial charge is 0.493 e. The molecule has 10 nitrogen and oxygen atoms in total. The number of fused-ring (bicyclic) bond motifs is 1. The molecule has 0 bridgehead atoms. The smallest absolute Gasteiger partial charge is 0.337 e. The van der Waals surface area contributed by atoms with E-state index in [4.69, 9.17) is 15.2 Å². The molecule has 2 heterocycles. The molecule has 0 aliphatic carbocycles. The molecule has 0 atom stereocenters. The number of carboxylic acid groups (broad SMARTS) is 1. The molecule has 4 N–H and O–H groups in total. The maximum Gasteiger partial charge on any atom is 0.337 e. The van der Waals surface area contributed by atoms with Crippen LogP contribution in [0.3, 0.4) is 0 Å². The number of imide groups is 1. The molecule has 1 aromatic heterocycles. The molecular formula is C21H15N3O7. The highest BCUT2D eigenvalue weighted by molar-refractivity contribution is 6.23. The normalized spacial score (nSPS) is 12.3. The number of aromatic nitrogens is 1. The Morgan fingerprint density at radius 3 is 2.42 bits per heavy atom. The van der Waals surface area contributed by atoms with Crippen molar-refractivity contribution in [3.05, 3.63) is 75.6 Å². The standard InChI is InChI=1S/C21H15N3O7/c1-30-14-4-2-3-5-15(14)31-10-6-7-13(11(8-10)21(28)29)24-16(25)9-12-17(18(24)22)20(27)23-19(12)26/h2-9H,22H2,1H3,(H,28,29)(H,23,26,27). The highest BCUT2D eigenvalue weighted by Gasteiger charge is 2.32. The average Bonchev–Trinajstić information content (AvgIpc) is 3.02. The summed E-state index contributed by atoms with van der Waals surface area (Å²) in [6.07, 6.45) is 0. The van der Waals surface area contributed by atoms with E-state index >= 15 is 0 Å². The Balaban J connectivity index is 1.85. The van der Waals surface area contributed by atoms with Gasteiger partial charge < -0.3 is 20.3 Å². The summed E-state index contributed by atoms with van der Waals surface area (Å²) < 4.78 is 11.8. The van der Waals surface area contributed by atoms with E-state index in [9.17, 15) is 24.3 Å². The lowest BCUT2D eigenvalue weighted by Crippen LogP contribution is -2.25. The SMILES string of the molecule is COc1ccccc1Oc1ccc(-n2c(N)c3c(cc2=O)C(=O)NC3=O)c(C(=O)O)c1. The molecule has 1 aliphatic heterocycles. The molecule has 31 heavy (non-hydrogen) atoms. The first-order valence-electron chi connectivity index (χ1n) is 8.91. The predicted octanol–water partition coefficient (Wildman–Crippen LogP) is 1.80. The summed E-state index contributed by atoms with van der Waals surface area (Å²) in [5.41, 5.74) is 4.51. The lowest BCUT2D eigenvalue weighted by molar-refractivity contribution is 0.0695. The topological polar surface area (TPSA) is 150 Å².